The first-order valence-electron chi connectivity index (χ1n) is 6.10. The molecule has 0 fully saturated rings. The highest BCUT2D eigenvalue weighted by atomic mass is 32.2. The fraction of sp³-hybridized carbons (Fsp3) is 0.417. The Morgan fingerprint density at radius 1 is 1.30 bits per heavy atom. The van der Waals surface area contributed by atoms with Crippen molar-refractivity contribution in [1.29, 1.82) is 0 Å². The number of nitrogens with one attached hydrogen (secondary N) is 1. The molecule has 1 aromatic rings. The normalized spacial score (nSPS) is 11.1. The van der Waals surface area contributed by atoms with Crippen LogP contribution in [-0.4, -0.2) is 33.2 Å². The molecule has 0 aliphatic heterocycles. The monoisotopic (exact) mass is 301 g/mol. The number of rotatable bonds is 8. The lowest BCUT2D eigenvalue weighted by atomic mass is 10.2. The van der Waals surface area contributed by atoms with Crippen LogP contribution in [0.3, 0.4) is 0 Å². The summed E-state index contributed by atoms with van der Waals surface area (Å²) in [6.07, 6.45) is 0.268. The highest BCUT2D eigenvalue weighted by Crippen LogP contribution is 2.16. The Morgan fingerprint density at radius 3 is 2.65 bits per heavy atom. The van der Waals surface area contributed by atoms with Gasteiger partial charge in [0.05, 0.1) is 5.75 Å². The number of primary sulfonamides is 1. The van der Waals surface area contributed by atoms with Crippen molar-refractivity contribution in [3.05, 3.63) is 29.8 Å². The number of amides is 1. The molecule has 0 saturated carbocycles. The lowest BCUT2D eigenvalue weighted by molar-refractivity contribution is -0.123. The number of hydrogen-bond donors (Lipinski definition) is 3. The zero-order chi connectivity index (χ0) is 15.0. The third-order valence-electron chi connectivity index (χ3n) is 2.48. The molecule has 8 heteroatoms. The van der Waals surface area contributed by atoms with Crippen LogP contribution in [0.1, 0.15) is 12.0 Å². The Bertz CT molecular complexity index is 545. The van der Waals surface area contributed by atoms with E-state index < -0.39 is 10.0 Å². The van der Waals surface area contributed by atoms with Crippen molar-refractivity contribution in [3.8, 4) is 5.75 Å². The topological polar surface area (TPSA) is 125 Å². The average Bonchev–Trinajstić information content (AvgIpc) is 2.40. The van der Waals surface area contributed by atoms with Gasteiger partial charge in [0, 0.05) is 18.7 Å². The van der Waals surface area contributed by atoms with Crippen molar-refractivity contribution in [2.45, 2.75) is 13.0 Å². The first-order valence-corrected chi connectivity index (χ1v) is 7.82. The van der Waals surface area contributed by atoms with Gasteiger partial charge in [-0.3, -0.25) is 4.79 Å². The molecule has 0 atom stereocenters. The van der Waals surface area contributed by atoms with Crippen molar-refractivity contribution in [2.24, 2.45) is 10.9 Å². The van der Waals surface area contributed by atoms with E-state index in [1.807, 2.05) is 12.1 Å². The molecule has 0 aliphatic carbocycles. The minimum Gasteiger partial charge on any atom is -0.483 e. The van der Waals surface area contributed by atoms with E-state index >= 15 is 0 Å². The number of benzene rings is 1. The maximum atomic E-state index is 11.5. The second kappa shape index (κ2) is 7.83. The molecule has 0 bridgehead atoms. The van der Waals surface area contributed by atoms with Crippen LogP contribution >= 0.6 is 0 Å². The number of hydrogen-bond acceptors (Lipinski definition) is 5. The number of carbonyl (C=O) groups is 1. The van der Waals surface area contributed by atoms with Crippen LogP contribution in [0, 0.1) is 0 Å². The largest absolute Gasteiger partial charge is 0.483 e. The molecule has 1 amide bonds. The van der Waals surface area contributed by atoms with E-state index in [1.165, 1.54) is 0 Å². The van der Waals surface area contributed by atoms with Gasteiger partial charge >= 0.3 is 0 Å². The van der Waals surface area contributed by atoms with Crippen molar-refractivity contribution in [3.63, 3.8) is 0 Å². The molecule has 0 heterocycles. The third kappa shape index (κ3) is 6.50. The van der Waals surface area contributed by atoms with Crippen LogP contribution in [0.15, 0.2) is 24.3 Å². The summed E-state index contributed by atoms with van der Waals surface area (Å²) in [6, 6.07) is 7.18. The van der Waals surface area contributed by atoms with Crippen LogP contribution in [0.2, 0.25) is 0 Å². The van der Waals surface area contributed by atoms with Gasteiger partial charge in [0.25, 0.3) is 5.91 Å². The van der Waals surface area contributed by atoms with Gasteiger partial charge in [-0.15, -0.1) is 0 Å². The molecule has 0 spiro atoms. The summed E-state index contributed by atoms with van der Waals surface area (Å²) < 4.78 is 26.7. The molecule has 0 radical (unpaired) electrons. The summed E-state index contributed by atoms with van der Waals surface area (Å²) in [4.78, 5) is 11.5. The van der Waals surface area contributed by atoms with Gasteiger partial charge in [0.15, 0.2) is 6.61 Å². The minimum absolute atomic E-state index is 0.146. The predicted molar refractivity (Wildman–Crippen MR) is 75.4 cm³/mol. The van der Waals surface area contributed by atoms with E-state index in [2.05, 4.69) is 5.32 Å². The summed E-state index contributed by atoms with van der Waals surface area (Å²) in [6.45, 7) is 0.412. The van der Waals surface area contributed by atoms with Gasteiger partial charge < -0.3 is 15.8 Å². The van der Waals surface area contributed by atoms with Gasteiger partial charge in [0.2, 0.25) is 10.0 Å². The Balaban J connectivity index is 2.29. The molecule has 7 nitrogen and oxygen atoms in total. The minimum atomic E-state index is -3.48. The SMILES string of the molecule is NCc1ccccc1OCC(=O)NCCCS(N)(=O)=O. The highest BCUT2D eigenvalue weighted by molar-refractivity contribution is 7.89. The average molecular weight is 301 g/mol. The van der Waals surface area contributed by atoms with Gasteiger partial charge in [-0.05, 0) is 12.5 Å². The number of carbonyl (C=O) groups excluding carboxylic acids is 1. The molecule has 0 saturated heterocycles. The van der Waals surface area contributed by atoms with E-state index in [1.54, 1.807) is 12.1 Å². The smallest absolute Gasteiger partial charge is 0.257 e. The van der Waals surface area contributed by atoms with E-state index in [0.29, 0.717) is 12.3 Å². The Labute approximate surface area is 118 Å². The number of ether oxygens (including phenoxy) is 1. The van der Waals surface area contributed by atoms with Crippen LogP contribution in [0.5, 0.6) is 5.75 Å². The zero-order valence-electron chi connectivity index (χ0n) is 11.0. The molecule has 0 unspecified atom stereocenters. The summed E-state index contributed by atoms with van der Waals surface area (Å²) in [5.74, 6) is 0.0744. The summed E-state index contributed by atoms with van der Waals surface area (Å²) in [7, 11) is -3.48. The molecule has 1 rings (SSSR count). The third-order valence-corrected chi connectivity index (χ3v) is 3.34. The molecular formula is C12H19N3O4S. The van der Waals surface area contributed by atoms with Crippen LogP contribution < -0.4 is 20.9 Å². The summed E-state index contributed by atoms with van der Waals surface area (Å²) in [5, 5.41) is 7.39. The van der Waals surface area contributed by atoms with Gasteiger partial charge in [-0.2, -0.15) is 0 Å². The highest BCUT2D eigenvalue weighted by Gasteiger charge is 2.06. The van der Waals surface area contributed by atoms with Gasteiger partial charge in [-0.25, -0.2) is 13.6 Å². The maximum Gasteiger partial charge on any atom is 0.257 e. The molecule has 20 heavy (non-hydrogen) atoms. The van der Waals surface area contributed by atoms with Gasteiger partial charge in [-0.1, -0.05) is 18.2 Å². The first-order chi connectivity index (χ1) is 9.42. The summed E-state index contributed by atoms with van der Waals surface area (Å²) in [5.41, 5.74) is 6.36. The Kier molecular flexibility index (Phi) is 6.43. The lowest BCUT2D eigenvalue weighted by Crippen LogP contribution is -2.31. The number of nitrogens with two attached hydrogens (primary N) is 2. The fourth-order valence-electron chi connectivity index (χ4n) is 1.51. The maximum absolute atomic E-state index is 11.5. The zero-order valence-corrected chi connectivity index (χ0v) is 11.9. The molecule has 112 valence electrons. The van der Waals surface area contributed by atoms with E-state index in [-0.39, 0.29) is 31.2 Å². The Hall–Kier alpha value is -1.64. The van der Waals surface area contributed by atoms with Crippen LogP contribution in [0.25, 0.3) is 0 Å². The van der Waals surface area contributed by atoms with Gasteiger partial charge in [0.1, 0.15) is 5.75 Å². The second-order valence-electron chi connectivity index (χ2n) is 4.17. The van der Waals surface area contributed by atoms with Crippen LogP contribution in [-0.2, 0) is 21.4 Å². The molecule has 1 aromatic carbocycles. The first kappa shape index (κ1) is 16.4. The molecule has 5 N–H and O–H groups in total. The number of sulfonamides is 1. The predicted octanol–water partition coefficient (Wildman–Crippen LogP) is -0.681. The second-order valence-corrected chi connectivity index (χ2v) is 5.90. The quantitative estimate of drug-likeness (QED) is 0.549. The lowest BCUT2D eigenvalue weighted by Gasteiger charge is -2.10. The summed E-state index contributed by atoms with van der Waals surface area (Å²) >= 11 is 0. The standard InChI is InChI=1S/C12H19N3O4S/c13-8-10-4-1-2-5-11(10)19-9-12(16)15-6-3-7-20(14,17)18/h1-2,4-5H,3,6-9,13H2,(H,15,16)(H2,14,17,18). The van der Waals surface area contributed by atoms with Crippen molar-refractivity contribution in [1.82, 2.24) is 5.32 Å². The Morgan fingerprint density at radius 2 is 2.00 bits per heavy atom. The fourth-order valence-corrected chi connectivity index (χ4v) is 2.06. The molecule has 0 aromatic heterocycles. The van der Waals surface area contributed by atoms with E-state index in [9.17, 15) is 13.2 Å². The van der Waals surface area contributed by atoms with Crippen molar-refractivity contribution in [2.75, 3.05) is 18.9 Å². The van der Waals surface area contributed by atoms with Crippen molar-refractivity contribution >= 4 is 15.9 Å². The number of para-hydroxylation sites is 1. The molecule has 0 aliphatic rings. The molecular weight excluding hydrogens is 282 g/mol. The van der Waals surface area contributed by atoms with Crippen LogP contribution in [0.4, 0.5) is 0 Å². The van der Waals surface area contributed by atoms with E-state index in [0.717, 1.165) is 5.56 Å². The van der Waals surface area contributed by atoms with Crippen molar-refractivity contribution < 1.29 is 17.9 Å². The van der Waals surface area contributed by atoms with E-state index in [4.69, 9.17) is 15.6 Å².